The van der Waals surface area contributed by atoms with Crippen LogP contribution in [0, 0.1) is 5.41 Å². The molecular weight excluding hydrogens is 330 g/mol. The zero-order valence-electron chi connectivity index (χ0n) is 15.1. The van der Waals surface area contributed by atoms with Gasteiger partial charge >= 0.3 is 5.97 Å². The Bertz CT molecular complexity index is 997. The summed E-state index contributed by atoms with van der Waals surface area (Å²) in [6.07, 6.45) is 0. The Morgan fingerprint density at radius 1 is 0.923 bits per heavy atom. The number of hydrogen-bond acceptors (Lipinski definition) is 4. The molecule has 0 aliphatic rings. The molecule has 0 fully saturated rings. The quantitative estimate of drug-likeness (QED) is 0.534. The number of hydrogen-bond donors (Lipinski definition) is 0. The molecule has 0 spiro atoms. The van der Waals surface area contributed by atoms with Crippen LogP contribution in [0.4, 0.5) is 0 Å². The lowest BCUT2D eigenvalue weighted by Crippen LogP contribution is -2.27. The fourth-order valence-electron chi connectivity index (χ4n) is 2.78. The van der Waals surface area contributed by atoms with Crippen LogP contribution in [0.15, 0.2) is 53.3 Å². The highest BCUT2D eigenvalue weighted by Gasteiger charge is 2.22. The van der Waals surface area contributed by atoms with Gasteiger partial charge in [0.1, 0.15) is 6.54 Å². The number of rotatable bonds is 4. The van der Waals surface area contributed by atoms with E-state index in [1.165, 1.54) is 0 Å². The minimum Gasteiger partial charge on any atom is -0.456 e. The molecule has 5 nitrogen and oxygen atoms in total. The Hall–Kier alpha value is -2.95. The van der Waals surface area contributed by atoms with Crippen molar-refractivity contribution >= 4 is 33.6 Å². The number of esters is 1. The molecule has 2 aromatic carbocycles. The number of benzene rings is 2. The third kappa shape index (κ3) is 3.38. The van der Waals surface area contributed by atoms with E-state index in [9.17, 15) is 14.4 Å². The Kier molecular flexibility index (Phi) is 4.64. The van der Waals surface area contributed by atoms with Gasteiger partial charge in [0.05, 0.1) is 11.0 Å². The second kappa shape index (κ2) is 6.75. The summed E-state index contributed by atoms with van der Waals surface area (Å²) in [6.45, 7) is 5.03. The van der Waals surface area contributed by atoms with Crippen molar-refractivity contribution in [3.05, 3.63) is 58.8 Å². The molecule has 0 saturated carbocycles. The number of carbonyl (C=O) groups is 2. The van der Waals surface area contributed by atoms with Crippen LogP contribution < -0.4 is 5.43 Å². The van der Waals surface area contributed by atoms with E-state index in [1.54, 1.807) is 61.7 Å². The van der Waals surface area contributed by atoms with Crippen molar-refractivity contribution in [2.45, 2.75) is 27.3 Å². The molecule has 0 atom stereocenters. The van der Waals surface area contributed by atoms with Gasteiger partial charge in [-0.3, -0.25) is 14.4 Å². The lowest BCUT2D eigenvalue weighted by molar-refractivity contribution is -0.150. The minimum absolute atomic E-state index is 0.0660. The SMILES string of the molecule is CC(C)(C)C(=O)COC(=O)Cn1c2ccccc2c(=O)c2ccccc21. The molecule has 1 heterocycles. The van der Waals surface area contributed by atoms with Gasteiger partial charge in [-0.05, 0) is 24.3 Å². The van der Waals surface area contributed by atoms with Gasteiger partial charge in [0, 0.05) is 16.2 Å². The van der Waals surface area contributed by atoms with Gasteiger partial charge in [-0.25, -0.2) is 0 Å². The summed E-state index contributed by atoms with van der Waals surface area (Å²) in [5.74, 6) is -0.651. The van der Waals surface area contributed by atoms with Crippen LogP contribution in [-0.2, 0) is 20.9 Å². The number of nitrogens with zero attached hydrogens (tertiary/aromatic N) is 1. The Labute approximate surface area is 151 Å². The minimum atomic E-state index is -0.559. The molecule has 0 saturated heterocycles. The van der Waals surface area contributed by atoms with Gasteiger partial charge in [0.25, 0.3) is 0 Å². The number of carbonyl (C=O) groups excluding carboxylic acids is 2. The molecule has 3 rings (SSSR count). The van der Waals surface area contributed by atoms with E-state index in [-0.39, 0.29) is 24.4 Å². The van der Waals surface area contributed by atoms with E-state index in [1.807, 2.05) is 12.1 Å². The lowest BCUT2D eigenvalue weighted by Gasteiger charge is -2.17. The van der Waals surface area contributed by atoms with Gasteiger partial charge < -0.3 is 9.30 Å². The van der Waals surface area contributed by atoms with Crippen LogP contribution >= 0.6 is 0 Å². The summed E-state index contributed by atoms with van der Waals surface area (Å²) in [4.78, 5) is 37.0. The van der Waals surface area contributed by atoms with Crippen LogP contribution in [0.2, 0.25) is 0 Å². The standard InChI is InChI=1S/C21H21NO4/c1-21(2,3)18(23)13-26-19(24)12-22-16-10-6-4-8-14(16)20(25)15-9-5-7-11-17(15)22/h4-11H,12-13H2,1-3H3. The van der Waals surface area contributed by atoms with Crippen molar-refractivity contribution in [3.63, 3.8) is 0 Å². The molecule has 0 amide bonds. The predicted octanol–water partition coefficient (Wildman–Crippen LogP) is 3.31. The molecule has 5 heteroatoms. The first-order valence-corrected chi connectivity index (χ1v) is 8.48. The Morgan fingerprint density at radius 2 is 1.42 bits per heavy atom. The summed E-state index contributed by atoms with van der Waals surface area (Å²) >= 11 is 0. The highest BCUT2D eigenvalue weighted by molar-refractivity contribution is 5.94. The Morgan fingerprint density at radius 3 is 1.92 bits per heavy atom. The molecule has 3 aromatic rings. The third-order valence-electron chi connectivity index (χ3n) is 4.37. The largest absolute Gasteiger partial charge is 0.456 e. The van der Waals surface area contributed by atoms with Crippen molar-refractivity contribution in [2.75, 3.05) is 6.61 Å². The van der Waals surface area contributed by atoms with E-state index in [2.05, 4.69) is 0 Å². The predicted molar refractivity (Wildman–Crippen MR) is 101 cm³/mol. The first kappa shape index (κ1) is 17.9. The van der Waals surface area contributed by atoms with E-state index in [4.69, 9.17) is 4.74 Å². The molecule has 134 valence electrons. The molecule has 0 aliphatic carbocycles. The summed E-state index contributed by atoms with van der Waals surface area (Å²) in [5.41, 5.74) is 0.700. The number of ketones is 1. The molecule has 1 aromatic heterocycles. The zero-order chi connectivity index (χ0) is 18.9. The monoisotopic (exact) mass is 351 g/mol. The molecule has 0 bridgehead atoms. The van der Waals surface area contributed by atoms with Crippen molar-refractivity contribution in [1.29, 1.82) is 0 Å². The maximum Gasteiger partial charge on any atom is 0.326 e. The summed E-state index contributed by atoms with van der Waals surface area (Å²) in [7, 11) is 0. The van der Waals surface area contributed by atoms with Crippen LogP contribution in [0.5, 0.6) is 0 Å². The smallest absolute Gasteiger partial charge is 0.326 e. The van der Waals surface area contributed by atoms with Gasteiger partial charge in [-0.15, -0.1) is 0 Å². The van der Waals surface area contributed by atoms with E-state index in [0.717, 1.165) is 0 Å². The average molecular weight is 351 g/mol. The first-order chi connectivity index (χ1) is 12.3. The summed E-state index contributed by atoms with van der Waals surface area (Å²) < 4.78 is 6.93. The van der Waals surface area contributed by atoms with Crippen LogP contribution in [-0.4, -0.2) is 22.9 Å². The molecule has 26 heavy (non-hydrogen) atoms. The summed E-state index contributed by atoms with van der Waals surface area (Å²) in [5, 5.41) is 1.09. The van der Waals surface area contributed by atoms with Gasteiger partial charge in [0.2, 0.25) is 0 Å². The maximum absolute atomic E-state index is 12.7. The highest BCUT2D eigenvalue weighted by atomic mass is 16.5. The Balaban J connectivity index is 1.99. The molecule has 0 aliphatic heterocycles. The second-order valence-corrected chi connectivity index (χ2v) is 7.28. The van der Waals surface area contributed by atoms with E-state index >= 15 is 0 Å². The highest BCUT2D eigenvalue weighted by Crippen LogP contribution is 2.19. The normalized spacial score (nSPS) is 11.7. The van der Waals surface area contributed by atoms with Gasteiger partial charge in [0.15, 0.2) is 17.8 Å². The van der Waals surface area contributed by atoms with Crippen molar-refractivity contribution in [2.24, 2.45) is 5.41 Å². The topological polar surface area (TPSA) is 65.4 Å². The van der Waals surface area contributed by atoms with Crippen LogP contribution in [0.1, 0.15) is 20.8 Å². The van der Waals surface area contributed by atoms with Crippen molar-refractivity contribution in [3.8, 4) is 0 Å². The number of Topliss-reactive ketones (excluding diaryl/α,β-unsaturated/α-hetero) is 1. The van der Waals surface area contributed by atoms with Gasteiger partial charge in [-0.1, -0.05) is 45.0 Å². The number of pyridine rings is 1. The third-order valence-corrected chi connectivity index (χ3v) is 4.37. The molecular formula is C21H21NO4. The lowest BCUT2D eigenvalue weighted by atomic mass is 9.91. The van der Waals surface area contributed by atoms with Crippen molar-refractivity contribution in [1.82, 2.24) is 4.57 Å². The van der Waals surface area contributed by atoms with Gasteiger partial charge in [-0.2, -0.15) is 0 Å². The molecule has 0 unspecified atom stereocenters. The number of fused-ring (bicyclic) bond motifs is 2. The second-order valence-electron chi connectivity index (χ2n) is 7.28. The van der Waals surface area contributed by atoms with Crippen LogP contribution in [0.25, 0.3) is 21.8 Å². The molecule has 0 radical (unpaired) electrons. The zero-order valence-corrected chi connectivity index (χ0v) is 15.1. The van der Waals surface area contributed by atoms with E-state index < -0.39 is 11.4 Å². The fraction of sp³-hybridized carbons (Fsp3) is 0.286. The average Bonchev–Trinajstić information content (AvgIpc) is 2.62. The first-order valence-electron chi connectivity index (χ1n) is 8.48. The fourth-order valence-corrected chi connectivity index (χ4v) is 2.78. The maximum atomic E-state index is 12.7. The van der Waals surface area contributed by atoms with Crippen molar-refractivity contribution < 1.29 is 14.3 Å². The van der Waals surface area contributed by atoms with E-state index in [0.29, 0.717) is 21.8 Å². The number of para-hydroxylation sites is 2. The van der Waals surface area contributed by atoms with Crippen LogP contribution in [0.3, 0.4) is 0 Å². The number of aromatic nitrogens is 1. The molecule has 0 N–H and O–H groups in total. The number of ether oxygens (including phenoxy) is 1. The summed E-state index contributed by atoms with van der Waals surface area (Å²) in [6, 6.07) is 14.3.